The SMILES string of the molecule is CS(=O)(=O)c1cccc(NCC2CCCCN2)c1. The average molecular weight is 268 g/mol. The third kappa shape index (κ3) is 3.71. The molecule has 1 aliphatic heterocycles. The predicted octanol–water partition coefficient (Wildman–Crippen LogP) is 1.64. The molecule has 0 bridgehead atoms. The van der Waals surface area contributed by atoms with Crippen LogP contribution >= 0.6 is 0 Å². The molecule has 4 nitrogen and oxygen atoms in total. The normalized spacial score (nSPS) is 20.6. The van der Waals surface area contributed by atoms with E-state index in [1.165, 1.54) is 25.5 Å². The Balaban J connectivity index is 1.97. The van der Waals surface area contributed by atoms with E-state index < -0.39 is 9.84 Å². The van der Waals surface area contributed by atoms with Crippen LogP contribution in [0.2, 0.25) is 0 Å². The number of nitrogens with one attached hydrogen (secondary N) is 2. The van der Waals surface area contributed by atoms with Crippen LogP contribution in [0.4, 0.5) is 5.69 Å². The fourth-order valence-electron chi connectivity index (χ4n) is 2.18. The molecule has 1 fully saturated rings. The second-order valence-corrected chi connectivity index (χ2v) is 6.84. The molecule has 0 aromatic heterocycles. The summed E-state index contributed by atoms with van der Waals surface area (Å²) in [6, 6.07) is 7.47. The van der Waals surface area contributed by atoms with Crippen molar-refractivity contribution in [2.24, 2.45) is 0 Å². The molecular formula is C13H20N2O2S. The van der Waals surface area contributed by atoms with Crippen LogP contribution < -0.4 is 10.6 Å². The van der Waals surface area contributed by atoms with Crippen LogP contribution in [-0.2, 0) is 9.84 Å². The summed E-state index contributed by atoms with van der Waals surface area (Å²) in [4.78, 5) is 0.365. The summed E-state index contributed by atoms with van der Waals surface area (Å²) in [7, 11) is -3.12. The van der Waals surface area contributed by atoms with Gasteiger partial charge in [-0.2, -0.15) is 0 Å². The summed E-state index contributed by atoms with van der Waals surface area (Å²) >= 11 is 0. The Labute approximate surface area is 109 Å². The van der Waals surface area contributed by atoms with Gasteiger partial charge in [-0.1, -0.05) is 12.5 Å². The largest absolute Gasteiger partial charge is 0.383 e. The van der Waals surface area contributed by atoms with Gasteiger partial charge in [0.1, 0.15) is 0 Å². The highest BCUT2D eigenvalue weighted by atomic mass is 32.2. The lowest BCUT2D eigenvalue weighted by molar-refractivity contribution is 0.414. The lowest BCUT2D eigenvalue weighted by atomic mass is 10.1. The van der Waals surface area contributed by atoms with E-state index in [9.17, 15) is 8.42 Å². The Bertz CT molecular complexity index is 493. The van der Waals surface area contributed by atoms with E-state index in [0.717, 1.165) is 18.8 Å². The Morgan fingerprint density at radius 3 is 2.89 bits per heavy atom. The molecule has 2 rings (SSSR count). The molecule has 1 aliphatic rings. The van der Waals surface area contributed by atoms with Gasteiger partial charge in [0.25, 0.3) is 0 Å². The number of hydrogen-bond donors (Lipinski definition) is 2. The van der Waals surface area contributed by atoms with Crippen molar-refractivity contribution >= 4 is 15.5 Å². The highest BCUT2D eigenvalue weighted by Gasteiger charge is 2.12. The average Bonchev–Trinajstić information content (AvgIpc) is 2.37. The minimum absolute atomic E-state index is 0.365. The Hall–Kier alpha value is -1.07. The zero-order valence-corrected chi connectivity index (χ0v) is 11.5. The molecule has 1 atom stereocenters. The van der Waals surface area contributed by atoms with Gasteiger partial charge in [0.2, 0.25) is 0 Å². The summed E-state index contributed by atoms with van der Waals surface area (Å²) in [5, 5.41) is 6.75. The van der Waals surface area contributed by atoms with E-state index in [4.69, 9.17) is 0 Å². The summed E-state index contributed by atoms with van der Waals surface area (Å²) < 4.78 is 22.9. The van der Waals surface area contributed by atoms with Crippen molar-refractivity contribution in [3.63, 3.8) is 0 Å². The molecule has 2 N–H and O–H groups in total. The van der Waals surface area contributed by atoms with Gasteiger partial charge in [0, 0.05) is 24.5 Å². The molecule has 1 aromatic carbocycles. The smallest absolute Gasteiger partial charge is 0.175 e. The van der Waals surface area contributed by atoms with Crippen LogP contribution in [0.25, 0.3) is 0 Å². The van der Waals surface area contributed by atoms with E-state index in [1.54, 1.807) is 18.2 Å². The topological polar surface area (TPSA) is 58.2 Å². The van der Waals surface area contributed by atoms with Gasteiger partial charge in [0.15, 0.2) is 9.84 Å². The van der Waals surface area contributed by atoms with Crippen molar-refractivity contribution in [3.8, 4) is 0 Å². The fraction of sp³-hybridized carbons (Fsp3) is 0.538. The Kier molecular flexibility index (Phi) is 4.24. The third-order valence-corrected chi connectivity index (χ3v) is 4.34. The van der Waals surface area contributed by atoms with Crippen LogP contribution in [0.5, 0.6) is 0 Å². The molecule has 1 aromatic rings. The molecule has 18 heavy (non-hydrogen) atoms. The van der Waals surface area contributed by atoms with Gasteiger partial charge >= 0.3 is 0 Å². The van der Waals surface area contributed by atoms with Crippen molar-refractivity contribution in [1.82, 2.24) is 5.32 Å². The number of hydrogen-bond acceptors (Lipinski definition) is 4. The third-order valence-electron chi connectivity index (χ3n) is 3.23. The number of benzene rings is 1. The maximum absolute atomic E-state index is 11.5. The van der Waals surface area contributed by atoms with Gasteiger partial charge < -0.3 is 10.6 Å². The molecule has 100 valence electrons. The van der Waals surface area contributed by atoms with E-state index in [-0.39, 0.29) is 0 Å². The van der Waals surface area contributed by atoms with Crippen LogP contribution in [0.1, 0.15) is 19.3 Å². The number of anilines is 1. The molecule has 1 heterocycles. The van der Waals surface area contributed by atoms with Gasteiger partial charge in [0.05, 0.1) is 4.90 Å². The number of rotatable bonds is 4. The first-order chi connectivity index (χ1) is 8.55. The predicted molar refractivity (Wildman–Crippen MR) is 73.7 cm³/mol. The summed E-state index contributed by atoms with van der Waals surface area (Å²) in [5.74, 6) is 0. The lowest BCUT2D eigenvalue weighted by Gasteiger charge is -2.24. The summed E-state index contributed by atoms with van der Waals surface area (Å²) in [6.07, 6.45) is 4.93. The van der Waals surface area contributed by atoms with Crippen molar-refractivity contribution < 1.29 is 8.42 Å². The first kappa shape index (κ1) is 13.4. The molecule has 0 saturated carbocycles. The van der Waals surface area contributed by atoms with Crippen molar-refractivity contribution in [1.29, 1.82) is 0 Å². The van der Waals surface area contributed by atoms with Crippen LogP contribution in [-0.4, -0.2) is 33.8 Å². The van der Waals surface area contributed by atoms with Gasteiger partial charge in [-0.3, -0.25) is 0 Å². The number of sulfone groups is 1. The standard InChI is InChI=1S/C13H20N2O2S/c1-18(16,17)13-7-4-6-11(9-13)15-10-12-5-2-3-8-14-12/h4,6-7,9,12,14-15H,2-3,5,8,10H2,1H3. The van der Waals surface area contributed by atoms with Crippen LogP contribution in [0, 0.1) is 0 Å². The van der Waals surface area contributed by atoms with Crippen molar-refractivity contribution in [2.45, 2.75) is 30.2 Å². The minimum atomic E-state index is -3.12. The van der Waals surface area contributed by atoms with Crippen molar-refractivity contribution in [2.75, 3.05) is 24.7 Å². The highest BCUT2D eigenvalue weighted by molar-refractivity contribution is 7.90. The van der Waals surface area contributed by atoms with E-state index in [1.807, 2.05) is 6.07 Å². The second-order valence-electron chi connectivity index (χ2n) is 4.83. The Morgan fingerprint density at radius 2 is 2.22 bits per heavy atom. The molecule has 0 spiro atoms. The first-order valence-corrected chi connectivity index (χ1v) is 8.22. The zero-order valence-electron chi connectivity index (χ0n) is 10.6. The van der Waals surface area contributed by atoms with E-state index in [2.05, 4.69) is 10.6 Å². The molecule has 0 radical (unpaired) electrons. The van der Waals surface area contributed by atoms with Crippen LogP contribution in [0.3, 0.4) is 0 Å². The van der Waals surface area contributed by atoms with E-state index in [0.29, 0.717) is 10.9 Å². The van der Waals surface area contributed by atoms with E-state index >= 15 is 0 Å². The first-order valence-electron chi connectivity index (χ1n) is 6.33. The highest BCUT2D eigenvalue weighted by Crippen LogP contribution is 2.16. The second kappa shape index (κ2) is 5.71. The van der Waals surface area contributed by atoms with Gasteiger partial charge in [-0.15, -0.1) is 0 Å². The summed E-state index contributed by atoms with van der Waals surface area (Å²) in [5.41, 5.74) is 0.866. The molecule has 1 saturated heterocycles. The quantitative estimate of drug-likeness (QED) is 0.871. The minimum Gasteiger partial charge on any atom is -0.383 e. The van der Waals surface area contributed by atoms with Crippen molar-refractivity contribution in [3.05, 3.63) is 24.3 Å². The maximum atomic E-state index is 11.5. The molecule has 5 heteroatoms. The van der Waals surface area contributed by atoms with Gasteiger partial charge in [-0.25, -0.2) is 8.42 Å². The molecule has 0 aliphatic carbocycles. The zero-order chi connectivity index (χ0) is 13.0. The monoisotopic (exact) mass is 268 g/mol. The summed E-state index contributed by atoms with van der Waals surface area (Å²) in [6.45, 7) is 1.92. The molecule has 0 amide bonds. The van der Waals surface area contributed by atoms with Crippen LogP contribution in [0.15, 0.2) is 29.2 Å². The fourth-order valence-corrected chi connectivity index (χ4v) is 2.84. The van der Waals surface area contributed by atoms with Gasteiger partial charge in [-0.05, 0) is 37.6 Å². The molecule has 1 unspecified atom stereocenters. The number of piperidine rings is 1. The maximum Gasteiger partial charge on any atom is 0.175 e. The Morgan fingerprint density at radius 1 is 1.39 bits per heavy atom. The molecular weight excluding hydrogens is 248 g/mol. The lowest BCUT2D eigenvalue weighted by Crippen LogP contribution is -2.39.